The van der Waals surface area contributed by atoms with Gasteiger partial charge in [-0.05, 0) is 31.0 Å². The Labute approximate surface area is 148 Å². The Balaban J connectivity index is 1.62. The zero-order valence-corrected chi connectivity index (χ0v) is 15.9. The van der Waals surface area contributed by atoms with Crippen LogP contribution >= 0.6 is 11.3 Å². The summed E-state index contributed by atoms with van der Waals surface area (Å²) in [6.45, 7) is 7.71. The first-order valence-corrected chi connectivity index (χ1v) is 10.6. The number of piperazine rings is 1. The molecule has 0 unspecified atom stereocenters. The van der Waals surface area contributed by atoms with Crippen LogP contribution in [0.3, 0.4) is 0 Å². The fourth-order valence-corrected chi connectivity index (χ4v) is 5.88. The number of sulfonamides is 1. The molecule has 1 aromatic heterocycles. The number of thiophene rings is 1. The van der Waals surface area contributed by atoms with E-state index in [0.29, 0.717) is 17.3 Å². The highest BCUT2D eigenvalue weighted by Gasteiger charge is 2.29. The standard InChI is InChI=1S/C18H24N2O2S2/c1-3-17-7-8-18(23-17)24(21,22)20-11-9-19(10-12-20)14-16-6-4-5-15(2)13-16/h4-8,13H,3,9-12,14H2,1-2H3. The molecule has 4 nitrogen and oxygen atoms in total. The predicted octanol–water partition coefficient (Wildman–Crippen LogP) is 3.13. The number of rotatable bonds is 5. The lowest BCUT2D eigenvalue weighted by molar-refractivity contribution is 0.182. The van der Waals surface area contributed by atoms with Gasteiger partial charge in [0.25, 0.3) is 10.0 Å². The average molecular weight is 365 g/mol. The molecule has 0 spiro atoms. The zero-order valence-electron chi connectivity index (χ0n) is 14.2. The molecule has 0 atom stereocenters. The molecule has 0 radical (unpaired) electrons. The molecule has 0 bridgehead atoms. The third-order valence-corrected chi connectivity index (χ3v) is 8.00. The van der Waals surface area contributed by atoms with Crippen molar-refractivity contribution in [3.05, 3.63) is 52.4 Å². The van der Waals surface area contributed by atoms with Crippen LogP contribution in [-0.4, -0.2) is 43.8 Å². The van der Waals surface area contributed by atoms with Crippen molar-refractivity contribution >= 4 is 21.4 Å². The maximum Gasteiger partial charge on any atom is 0.252 e. The lowest BCUT2D eigenvalue weighted by Crippen LogP contribution is -2.48. The molecule has 1 fully saturated rings. The van der Waals surface area contributed by atoms with Crippen molar-refractivity contribution in [1.29, 1.82) is 0 Å². The van der Waals surface area contributed by atoms with Gasteiger partial charge in [0.1, 0.15) is 4.21 Å². The number of hydrogen-bond donors (Lipinski definition) is 0. The van der Waals surface area contributed by atoms with Crippen LogP contribution in [0.5, 0.6) is 0 Å². The van der Waals surface area contributed by atoms with E-state index in [0.717, 1.165) is 30.9 Å². The molecule has 1 aliphatic heterocycles. The monoisotopic (exact) mass is 364 g/mol. The van der Waals surface area contributed by atoms with Crippen LogP contribution in [0, 0.1) is 6.92 Å². The first kappa shape index (κ1) is 17.6. The van der Waals surface area contributed by atoms with Crippen molar-refractivity contribution in [3.63, 3.8) is 0 Å². The van der Waals surface area contributed by atoms with Crippen LogP contribution in [0.1, 0.15) is 22.9 Å². The Morgan fingerprint density at radius 2 is 1.83 bits per heavy atom. The smallest absolute Gasteiger partial charge is 0.252 e. The molecule has 130 valence electrons. The second-order valence-electron chi connectivity index (χ2n) is 6.24. The van der Waals surface area contributed by atoms with Crippen LogP contribution in [-0.2, 0) is 23.0 Å². The highest BCUT2D eigenvalue weighted by atomic mass is 32.2. The summed E-state index contributed by atoms with van der Waals surface area (Å²) in [5.41, 5.74) is 2.55. The molecule has 0 N–H and O–H groups in total. The number of nitrogens with zero attached hydrogens (tertiary/aromatic N) is 2. The topological polar surface area (TPSA) is 40.6 Å². The van der Waals surface area contributed by atoms with E-state index in [1.165, 1.54) is 22.5 Å². The van der Waals surface area contributed by atoms with Crippen LogP contribution < -0.4 is 0 Å². The van der Waals surface area contributed by atoms with Crippen molar-refractivity contribution in [3.8, 4) is 0 Å². The molecule has 24 heavy (non-hydrogen) atoms. The Kier molecular flexibility index (Phi) is 5.39. The molecule has 1 saturated heterocycles. The maximum absolute atomic E-state index is 12.7. The summed E-state index contributed by atoms with van der Waals surface area (Å²) in [6, 6.07) is 12.2. The maximum atomic E-state index is 12.7. The van der Waals surface area contributed by atoms with Crippen molar-refractivity contribution in [1.82, 2.24) is 9.21 Å². The quantitative estimate of drug-likeness (QED) is 0.818. The summed E-state index contributed by atoms with van der Waals surface area (Å²) in [6.07, 6.45) is 0.879. The molecule has 0 aliphatic carbocycles. The van der Waals surface area contributed by atoms with Gasteiger partial charge in [-0.1, -0.05) is 36.8 Å². The predicted molar refractivity (Wildman–Crippen MR) is 98.9 cm³/mol. The van der Waals surface area contributed by atoms with Gasteiger partial charge in [-0.25, -0.2) is 8.42 Å². The highest BCUT2D eigenvalue weighted by molar-refractivity contribution is 7.91. The Hall–Kier alpha value is -1.21. The first-order valence-electron chi connectivity index (χ1n) is 8.36. The SMILES string of the molecule is CCc1ccc(S(=O)(=O)N2CCN(Cc3cccc(C)c3)CC2)s1. The summed E-state index contributed by atoms with van der Waals surface area (Å²) in [5.74, 6) is 0. The second kappa shape index (κ2) is 7.35. The molecule has 1 aromatic carbocycles. The summed E-state index contributed by atoms with van der Waals surface area (Å²) >= 11 is 1.40. The molecule has 1 aliphatic rings. The van der Waals surface area contributed by atoms with Gasteiger partial charge in [0.05, 0.1) is 0 Å². The van der Waals surface area contributed by atoms with E-state index < -0.39 is 10.0 Å². The van der Waals surface area contributed by atoms with Gasteiger partial charge in [-0.15, -0.1) is 11.3 Å². The summed E-state index contributed by atoms with van der Waals surface area (Å²) in [7, 11) is -3.33. The largest absolute Gasteiger partial charge is 0.296 e. The van der Waals surface area contributed by atoms with Crippen LogP contribution in [0.2, 0.25) is 0 Å². The third-order valence-electron chi connectivity index (χ3n) is 4.40. The molecule has 0 saturated carbocycles. The molecule has 3 rings (SSSR count). The summed E-state index contributed by atoms with van der Waals surface area (Å²) < 4.78 is 27.6. The first-order chi connectivity index (χ1) is 11.5. The van der Waals surface area contributed by atoms with E-state index in [9.17, 15) is 8.42 Å². The zero-order chi connectivity index (χ0) is 17.2. The Morgan fingerprint density at radius 3 is 2.46 bits per heavy atom. The molecule has 0 amide bonds. The minimum Gasteiger partial charge on any atom is -0.296 e. The van der Waals surface area contributed by atoms with Crippen LogP contribution in [0.4, 0.5) is 0 Å². The van der Waals surface area contributed by atoms with Crippen LogP contribution in [0.15, 0.2) is 40.6 Å². The molecule has 6 heteroatoms. The normalized spacial score (nSPS) is 17.2. The van der Waals surface area contributed by atoms with Crippen molar-refractivity contribution in [2.45, 2.75) is 31.0 Å². The lowest BCUT2D eigenvalue weighted by Gasteiger charge is -2.33. The van der Waals surface area contributed by atoms with Crippen molar-refractivity contribution in [2.75, 3.05) is 26.2 Å². The van der Waals surface area contributed by atoms with Gasteiger partial charge >= 0.3 is 0 Å². The molecule has 2 aromatic rings. The van der Waals surface area contributed by atoms with Gasteiger partial charge in [0, 0.05) is 37.6 Å². The van der Waals surface area contributed by atoms with Gasteiger partial charge in [-0.2, -0.15) is 4.31 Å². The van der Waals surface area contributed by atoms with Gasteiger partial charge in [0.2, 0.25) is 0 Å². The minimum absolute atomic E-state index is 0.478. The third kappa shape index (κ3) is 3.88. The van der Waals surface area contributed by atoms with Gasteiger partial charge in [-0.3, -0.25) is 4.90 Å². The summed E-state index contributed by atoms with van der Waals surface area (Å²) in [4.78, 5) is 3.44. The van der Waals surface area contributed by atoms with Gasteiger partial charge in [0.15, 0.2) is 0 Å². The minimum atomic E-state index is -3.33. The van der Waals surface area contributed by atoms with Crippen LogP contribution in [0.25, 0.3) is 0 Å². The molecular formula is C18H24N2O2S2. The molecule has 2 heterocycles. The lowest BCUT2D eigenvalue weighted by atomic mass is 10.1. The fourth-order valence-electron chi connectivity index (χ4n) is 3.01. The second-order valence-corrected chi connectivity index (χ2v) is 9.58. The Morgan fingerprint density at radius 1 is 1.08 bits per heavy atom. The van der Waals surface area contributed by atoms with Gasteiger partial charge < -0.3 is 0 Å². The fraction of sp³-hybridized carbons (Fsp3) is 0.444. The van der Waals surface area contributed by atoms with Crippen molar-refractivity contribution in [2.24, 2.45) is 0 Å². The van der Waals surface area contributed by atoms with E-state index in [4.69, 9.17) is 0 Å². The highest BCUT2D eigenvalue weighted by Crippen LogP contribution is 2.26. The van der Waals surface area contributed by atoms with Crippen molar-refractivity contribution < 1.29 is 8.42 Å². The van der Waals surface area contributed by atoms with E-state index in [2.05, 4.69) is 36.1 Å². The van der Waals surface area contributed by atoms with E-state index in [1.54, 1.807) is 10.4 Å². The number of benzene rings is 1. The van der Waals surface area contributed by atoms with E-state index in [-0.39, 0.29) is 0 Å². The Bertz CT molecular complexity index is 791. The number of hydrogen-bond acceptors (Lipinski definition) is 4. The summed E-state index contributed by atoms with van der Waals surface area (Å²) in [5, 5.41) is 0. The van der Waals surface area contributed by atoms with E-state index >= 15 is 0 Å². The number of aryl methyl sites for hydroxylation is 2. The average Bonchev–Trinajstić information content (AvgIpc) is 3.05. The van der Waals surface area contributed by atoms with E-state index in [1.807, 2.05) is 13.0 Å². The molecular weight excluding hydrogens is 340 g/mol.